The topological polar surface area (TPSA) is 75.1 Å². The molecule has 3 aromatic rings. The SMILES string of the molecule is O=C(O)CCCCCNc1ncnc2scc(-c3ccc(F)cc3)c12. The van der Waals surface area contributed by atoms with Gasteiger partial charge in [-0.05, 0) is 30.5 Å². The summed E-state index contributed by atoms with van der Waals surface area (Å²) in [5.74, 6) is -0.268. The lowest BCUT2D eigenvalue weighted by Crippen LogP contribution is -2.04. The van der Waals surface area contributed by atoms with E-state index in [-0.39, 0.29) is 12.2 Å². The molecular weight excluding hydrogens is 341 g/mol. The Bertz CT molecular complexity index is 864. The van der Waals surface area contributed by atoms with E-state index in [0.29, 0.717) is 13.0 Å². The molecule has 25 heavy (non-hydrogen) atoms. The van der Waals surface area contributed by atoms with Crippen LogP contribution in [-0.4, -0.2) is 27.6 Å². The molecule has 0 saturated carbocycles. The molecule has 2 N–H and O–H groups in total. The standard InChI is InChI=1S/C18H18FN3O2S/c19-13-7-5-12(6-8-13)14-10-25-18-16(14)17(21-11-22-18)20-9-3-1-2-4-15(23)24/h5-8,10-11H,1-4,9H2,(H,23,24)(H,20,21,22). The van der Waals surface area contributed by atoms with Gasteiger partial charge in [0.05, 0.1) is 5.39 Å². The molecule has 2 heterocycles. The van der Waals surface area contributed by atoms with Crippen LogP contribution in [0.15, 0.2) is 36.0 Å². The summed E-state index contributed by atoms with van der Waals surface area (Å²) in [6.07, 6.45) is 4.13. The molecule has 0 unspecified atom stereocenters. The zero-order chi connectivity index (χ0) is 17.6. The van der Waals surface area contributed by atoms with Crippen LogP contribution in [0.4, 0.5) is 10.2 Å². The van der Waals surface area contributed by atoms with Crippen molar-refractivity contribution in [3.63, 3.8) is 0 Å². The van der Waals surface area contributed by atoms with Gasteiger partial charge in [0.2, 0.25) is 0 Å². The third kappa shape index (κ3) is 4.30. The van der Waals surface area contributed by atoms with Crippen LogP contribution >= 0.6 is 11.3 Å². The average molecular weight is 359 g/mol. The molecule has 0 saturated heterocycles. The van der Waals surface area contributed by atoms with Gasteiger partial charge in [-0.25, -0.2) is 14.4 Å². The van der Waals surface area contributed by atoms with Crippen molar-refractivity contribution in [2.45, 2.75) is 25.7 Å². The summed E-state index contributed by atoms with van der Waals surface area (Å²) in [6, 6.07) is 6.38. The van der Waals surface area contributed by atoms with Crippen molar-refractivity contribution in [2.75, 3.05) is 11.9 Å². The molecular formula is C18H18FN3O2S. The number of carboxylic acids is 1. The number of fused-ring (bicyclic) bond motifs is 1. The highest BCUT2D eigenvalue weighted by atomic mass is 32.1. The highest BCUT2D eigenvalue weighted by Crippen LogP contribution is 2.36. The number of benzene rings is 1. The van der Waals surface area contributed by atoms with Gasteiger partial charge in [0.1, 0.15) is 22.8 Å². The van der Waals surface area contributed by atoms with E-state index >= 15 is 0 Å². The van der Waals surface area contributed by atoms with Crippen LogP contribution in [-0.2, 0) is 4.79 Å². The first-order valence-electron chi connectivity index (χ1n) is 8.09. The molecule has 2 aromatic heterocycles. The van der Waals surface area contributed by atoms with E-state index in [4.69, 9.17) is 5.11 Å². The number of aliphatic carboxylic acids is 1. The second-order valence-corrected chi connectivity index (χ2v) is 6.55. The second-order valence-electron chi connectivity index (χ2n) is 5.69. The average Bonchev–Trinajstić information content (AvgIpc) is 3.03. The van der Waals surface area contributed by atoms with Gasteiger partial charge >= 0.3 is 5.97 Å². The minimum Gasteiger partial charge on any atom is -0.481 e. The number of nitrogens with zero attached hydrogens (tertiary/aromatic N) is 2. The predicted molar refractivity (Wildman–Crippen MR) is 97.4 cm³/mol. The number of nitrogens with one attached hydrogen (secondary N) is 1. The molecule has 7 heteroatoms. The van der Waals surface area contributed by atoms with Gasteiger partial charge in [-0.3, -0.25) is 4.79 Å². The van der Waals surface area contributed by atoms with E-state index in [2.05, 4.69) is 15.3 Å². The minimum absolute atomic E-state index is 0.205. The van der Waals surface area contributed by atoms with Gasteiger partial charge in [-0.1, -0.05) is 18.6 Å². The van der Waals surface area contributed by atoms with Crippen LogP contribution in [0.1, 0.15) is 25.7 Å². The van der Waals surface area contributed by atoms with E-state index in [9.17, 15) is 9.18 Å². The van der Waals surface area contributed by atoms with Gasteiger partial charge in [0.15, 0.2) is 0 Å². The van der Waals surface area contributed by atoms with Crippen molar-refractivity contribution >= 4 is 33.3 Å². The summed E-state index contributed by atoms with van der Waals surface area (Å²) in [5.41, 5.74) is 1.90. The van der Waals surface area contributed by atoms with Crippen molar-refractivity contribution in [2.24, 2.45) is 0 Å². The molecule has 0 aliphatic carbocycles. The molecule has 130 valence electrons. The van der Waals surface area contributed by atoms with Crippen LogP contribution in [0.25, 0.3) is 21.3 Å². The van der Waals surface area contributed by atoms with Gasteiger partial charge in [0, 0.05) is 23.9 Å². The third-order valence-electron chi connectivity index (χ3n) is 3.89. The summed E-state index contributed by atoms with van der Waals surface area (Å²) in [7, 11) is 0. The fourth-order valence-electron chi connectivity index (χ4n) is 2.64. The maximum atomic E-state index is 13.2. The monoisotopic (exact) mass is 359 g/mol. The minimum atomic E-state index is -0.757. The first kappa shape index (κ1) is 17.3. The Kier molecular flexibility index (Phi) is 5.55. The molecule has 5 nitrogen and oxygen atoms in total. The Morgan fingerprint density at radius 3 is 2.72 bits per heavy atom. The van der Waals surface area contributed by atoms with Gasteiger partial charge in [0.25, 0.3) is 0 Å². The Balaban J connectivity index is 1.73. The molecule has 0 aliphatic heterocycles. The maximum absolute atomic E-state index is 13.2. The third-order valence-corrected chi connectivity index (χ3v) is 4.77. The van der Waals surface area contributed by atoms with E-state index in [1.54, 1.807) is 12.1 Å². The number of aromatic nitrogens is 2. The molecule has 0 fully saturated rings. The fourth-order valence-corrected chi connectivity index (χ4v) is 3.55. The van der Waals surface area contributed by atoms with Crippen LogP contribution < -0.4 is 5.32 Å². The van der Waals surface area contributed by atoms with Crippen LogP contribution in [0.5, 0.6) is 0 Å². The number of halogens is 1. The summed E-state index contributed by atoms with van der Waals surface area (Å²) in [4.78, 5) is 20.0. The van der Waals surface area contributed by atoms with Crippen LogP contribution in [0.3, 0.4) is 0 Å². The van der Waals surface area contributed by atoms with E-state index in [1.807, 2.05) is 5.38 Å². The first-order valence-corrected chi connectivity index (χ1v) is 8.97. The number of hydrogen-bond donors (Lipinski definition) is 2. The Hall–Kier alpha value is -2.54. The maximum Gasteiger partial charge on any atom is 0.303 e. The second kappa shape index (κ2) is 8.02. The number of anilines is 1. The van der Waals surface area contributed by atoms with Gasteiger partial charge in [-0.2, -0.15) is 0 Å². The van der Waals surface area contributed by atoms with Crippen LogP contribution in [0, 0.1) is 5.82 Å². The van der Waals surface area contributed by atoms with Crippen molar-refractivity contribution in [1.29, 1.82) is 0 Å². The summed E-state index contributed by atoms with van der Waals surface area (Å²) < 4.78 is 13.2. The van der Waals surface area contributed by atoms with Gasteiger partial charge in [-0.15, -0.1) is 11.3 Å². The molecule has 1 aromatic carbocycles. The molecule has 0 amide bonds. The molecule has 0 radical (unpaired) electrons. The smallest absolute Gasteiger partial charge is 0.303 e. The number of carbonyl (C=O) groups is 1. The zero-order valence-corrected chi connectivity index (χ0v) is 14.4. The highest BCUT2D eigenvalue weighted by Gasteiger charge is 2.13. The lowest BCUT2D eigenvalue weighted by Gasteiger charge is -2.08. The highest BCUT2D eigenvalue weighted by molar-refractivity contribution is 7.17. The molecule has 3 rings (SSSR count). The molecule has 0 spiro atoms. The summed E-state index contributed by atoms with van der Waals surface area (Å²) in [6.45, 7) is 0.713. The lowest BCUT2D eigenvalue weighted by molar-refractivity contribution is -0.137. The Labute approximate surface area is 148 Å². The van der Waals surface area contributed by atoms with Crippen molar-refractivity contribution in [3.8, 4) is 11.1 Å². The number of carboxylic acid groups (broad SMARTS) is 1. The zero-order valence-electron chi connectivity index (χ0n) is 13.5. The molecule has 0 atom stereocenters. The van der Waals surface area contributed by atoms with Crippen molar-refractivity contribution < 1.29 is 14.3 Å². The first-order chi connectivity index (χ1) is 12.1. The van der Waals surface area contributed by atoms with Crippen molar-refractivity contribution in [1.82, 2.24) is 9.97 Å². The van der Waals surface area contributed by atoms with E-state index in [1.165, 1.54) is 29.8 Å². The Morgan fingerprint density at radius 1 is 1.16 bits per heavy atom. The van der Waals surface area contributed by atoms with E-state index < -0.39 is 5.97 Å². The molecule has 0 aliphatic rings. The van der Waals surface area contributed by atoms with Crippen molar-refractivity contribution in [3.05, 3.63) is 41.8 Å². The predicted octanol–water partition coefficient (Wildman–Crippen LogP) is 4.55. The number of rotatable bonds is 8. The molecule has 0 bridgehead atoms. The van der Waals surface area contributed by atoms with Gasteiger partial charge < -0.3 is 10.4 Å². The number of hydrogen-bond acceptors (Lipinski definition) is 5. The number of unbranched alkanes of at least 4 members (excludes halogenated alkanes) is 2. The number of thiophene rings is 1. The van der Waals surface area contributed by atoms with Crippen LogP contribution in [0.2, 0.25) is 0 Å². The summed E-state index contributed by atoms with van der Waals surface area (Å²) in [5, 5.41) is 14.9. The quantitative estimate of drug-likeness (QED) is 0.577. The largest absolute Gasteiger partial charge is 0.481 e. The lowest BCUT2D eigenvalue weighted by atomic mass is 10.1. The fraction of sp³-hybridized carbons (Fsp3) is 0.278. The van der Waals surface area contributed by atoms with E-state index in [0.717, 1.165) is 40.0 Å². The Morgan fingerprint density at radius 2 is 1.96 bits per heavy atom. The summed E-state index contributed by atoms with van der Waals surface area (Å²) >= 11 is 1.53. The normalized spacial score (nSPS) is 10.9.